The van der Waals surface area contributed by atoms with Gasteiger partial charge in [0, 0.05) is 24.8 Å². The van der Waals surface area contributed by atoms with Gasteiger partial charge in [-0.05, 0) is 24.8 Å². The molecule has 6 nitrogen and oxygen atoms in total. The molecule has 2 aromatic rings. The molecule has 1 saturated carbocycles. The first-order valence-corrected chi connectivity index (χ1v) is 10.6. The van der Waals surface area contributed by atoms with Crippen molar-refractivity contribution in [3.05, 3.63) is 18.2 Å². The van der Waals surface area contributed by atoms with Gasteiger partial charge in [-0.25, -0.2) is 0 Å². The molecule has 2 N–H and O–H groups in total. The molecule has 0 unspecified atom stereocenters. The second kappa shape index (κ2) is 8.25. The van der Waals surface area contributed by atoms with Crippen molar-refractivity contribution in [2.24, 2.45) is 5.92 Å². The van der Waals surface area contributed by atoms with Gasteiger partial charge in [0.2, 0.25) is 5.91 Å². The fraction of sp³-hybridized carbons (Fsp3) is 0.619. The Bertz CT molecular complexity index is 839. The zero-order chi connectivity index (χ0) is 19.6. The Hall–Kier alpha value is -1.86. The quantitative estimate of drug-likeness (QED) is 0.589. The number of anilines is 1. The van der Waals surface area contributed by atoms with Gasteiger partial charge in [-0.15, -0.1) is 0 Å². The van der Waals surface area contributed by atoms with Crippen molar-refractivity contribution in [1.82, 2.24) is 9.78 Å². The van der Waals surface area contributed by atoms with Crippen molar-refractivity contribution in [3.8, 4) is 0 Å². The summed E-state index contributed by atoms with van der Waals surface area (Å²) in [6.45, 7) is 1.37. The highest BCUT2D eigenvalue weighted by molar-refractivity contribution is 6.40. The van der Waals surface area contributed by atoms with Crippen molar-refractivity contribution in [2.45, 2.75) is 63.5 Å². The zero-order valence-electron chi connectivity index (χ0n) is 16.7. The highest BCUT2D eigenvalue weighted by atomic mass is 16.5. The molecule has 150 valence electrons. The highest BCUT2D eigenvalue weighted by Crippen LogP contribution is 2.28. The van der Waals surface area contributed by atoms with Crippen LogP contribution in [0.25, 0.3) is 10.9 Å². The van der Waals surface area contributed by atoms with Gasteiger partial charge >= 0.3 is 0 Å². The zero-order valence-corrected chi connectivity index (χ0v) is 16.7. The fourth-order valence-electron chi connectivity index (χ4n) is 4.47. The second-order valence-corrected chi connectivity index (χ2v) is 8.62. The predicted octanol–water partition coefficient (Wildman–Crippen LogP) is 1.75. The highest BCUT2D eigenvalue weighted by Gasteiger charge is 2.35. The number of benzene rings is 1. The molecule has 7 heteroatoms. The normalized spacial score (nSPS) is 19.9. The average molecular weight is 383 g/mol. The largest absolute Gasteiger partial charge is 0.385 e. The third-order valence-electron chi connectivity index (χ3n) is 6.22. The number of hydrogen-bond donors (Lipinski definition) is 2. The van der Waals surface area contributed by atoms with E-state index in [1.807, 2.05) is 30.7 Å². The number of nitrogens with zero attached hydrogens (tertiary/aromatic N) is 2. The Balaban J connectivity index is 1.50. The molecule has 2 fully saturated rings. The summed E-state index contributed by atoms with van der Waals surface area (Å²) in [6, 6.07) is 6.08. The summed E-state index contributed by atoms with van der Waals surface area (Å²) in [6.07, 6.45) is 8.55. The molecule has 1 aliphatic carbocycles. The minimum absolute atomic E-state index is 0.0627. The third-order valence-corrected chi connectivity index (χ3v) is 6.22. The minimum atomic E-state index is -0.745. The maximum absolute atomic E-state index is 12.7. The Labute approximate surface area is 167 Å². The molecule has 4 rings (SSSR count). The summed E-state index contributed by atoms with van der Waals surface area (Å²) in [5.74, 6) is 1.20. The van der Waals surface area contributed by atoms with Crippen molar-refractivity contribution < 1.29 is 14.6 Å². The fourth-order valence-corrected chi connectivity index (χ4v) is 4.47. The van der Waals surface area contributed by atoms with Gasteiger partial charge in [0.1, 0.15) is 13.4 Å². The van der Waals surface area contributed by atoms with Crippen LogP contribution in [0.15, 0.2) is 18.2 Å². The van der Waals surface area contributed by atoms with Crippen molar-refractivity contribution in [1.29, 1.82) is 0 Å². The number of amides is 1. The molecular formula is C21H30BN3O3. The molecule has 1 amide bonds. The molecule has 28 heavy (non-hydrogen) atoms. The number of carbonyl (C=O) groups excluding carboxylic acids is 1. The SMILES string of the molecule is Bc1cccc2c1c(NC(=O)CC1CCCCCC1)nn2CCC1(O)COC1. The van der Waals surface area contributed by atoms with E-state index in [1.54, 1.807) is 0 Å². The van der Waals surface area contributed by atoms with E-state index in [0.717, 1.165) is 29.2 Å². The van der Waals surface area contributed by atoms with Gasteiger partial charge < -0.3 is 15.2 Å². The lowest BCUT2D eigenvalue weighted by molar-refractivity contribution is -0.182. The van der Waals surface area contributed by atoms with Crippen LogP contribution in [0.1, 0.15) is 51.4 Å². The molecule has 1 aromatic heterocycles. The Morgan fingerprint density at radius 2 is 2.04 bits per heavy atom. The number of ether oxygens (including phenoxy) is 1. The summed E-state index contributed by atoms with van der Waals surface area (Å²) in [7, 11) is 2.04. The first kappa shape index (κ1) is 19.5. The van der Waals surface area contributed by atoms with Crippen LogP contribution in [0.4, 0.5) is 5.82 Å². The summed E-state index contributed by atoms with van der Waals surface area (Å²) >= 11 is 0. The molecule has 1 aromatic carbocycles. The van der Waals surface area contributed by atoms with E-state index in [9.17, 15) is 9.90 Å². The number of rotatable bonds is 6. The monoisotopic (exact) mass is 383 g/mol. The van der Waals surface area contributed by atoms with Crippen LogP contribution in [0.3, 0.4) is 0 Å². The van der Waals surface area contributed by atoms with Crippen LogP contribution in [-0.4, -0.2) is 47.5 Å². The summed E-state index contributed by atoms with van der Waals surface area (Å²) in [4.78, 5) is 12.7. The molecule has 0 radical (unpaired) electrons. The van der Waals surface area contributed by atoms with Crippen LogP contribution in [-0.2, 0) is 16.1 Å². The van der Waals surface area contributed by atoms with Crippen LogP contribution >= 0.6 is 0 Å². The number of aliphatic hydroxyl groups is 1. The molecular weight excluding hydrogens is 353 g/mol. The lowest BCUT2D eigenvalue weighted by Gasteiger charge is -2.36. The summed E-state index contributed by atoms with van der Waals surface area (Å²) in [5, 5.41) is 19.1. The van der Waals surface area contributed by atoms with E-state index in [2.05, 4.69) is 5.32 Å². The number of fused-ring (bicyclic) bond motifs is 1. The maximum atomic E-state index is 12.7. The van der Waals surface area contributed by atoms with E-state index in [0.29, 0.717) is 44.3 Å². The van der Waals surface area contributed by atoms with Crippen LogP contribution in [0.5, 0.6) is 0 Å². The van der Waals surface area contributed by atoms with E-state index >= 15 is 0 Å². The van der Waals surface area contributed by atoms with E-state index in [1.165, 1.54) is 25.7 Å². The number of aromatic nitrogens is 2. The third kappa shape index (κ3) is 4.25. The van der Waals surface area contributed by atoms with E-state index in [-0.39, 0.29) is 5.91 Å². The van der Waals surface area contributed by atoms with Gasteiger partial charge in [-0.1, -0.05) is 43.3 Å². The molecule has 2 aliphatic rings. The minimum Gasteiger partial charge on any atom is -0.385 e. The molecule has 2 heterocycles. The smallest absolute Gasteiger partial charge is 0.225 e. The Morgan fingerprint density at radius 1 is 1.29 bits per heavy atom. The first-order valence-electron chi connectivity index (χ1n) is 10.6. The lowest BCUT2D eigenvalue weighted by Crippen LogP contribution is -2.50. The van der Waals surface area contributed by atoms with Gasteiger partial charge in [0.25, 0.3) is 0 Å². The predicted molar refractivity (Wildman–Crippen MR) is 113 cm³/mol. The van der Waals surface area contributed by atoms with Gasteiger partial charge in [0.15, 0.2) is 5.82 Å². The topological polar surface area (TPSA) is 76.4 Å². The second-order valence-electron chi connectivity index (χ2n) is 8.62. The molecule has 0 bridgehead atoms. The molecule has 1 saturated heterocycles. The molecule has 0 atom stereocenters. The first-order chi connectivity index (χ1) is 13.5. The van der Waals surface area contributed by atoms with Crippen molar-refractivity contribution in [2.75, 3.05) is 18.5 Å². The molecule has 0 spiro atoms. The van der Waals surface area contributed by atoms with Crippen LogP contribution in [0.2, 0.25) is 0 Å². The number of aryl methyl sites for hydroxylation is 1. The standard InChI is InChI=1S/C21H30BN3O3/c22-16-8-5-9-17-19(16)20(24-25(17)11-10-21(27)13-28-14-21)23-18(26)12-15-6-3-1-2-4-7-15/h5,8-9,15,27H,1-4,6-7,10-14,22H2,(H,23,24,26). The molecule has 1 aliphatic heterocycles. The number of carbonyl (C=O) groups is 1. The summed E-state index contributed by atoms with van der Waals surface area (Å²) in [5.41, 5.74) is 1.35. The Morgan fingerprint density at radius 3 is 2.71 bits per heavy atom. The van der Waals surface area contributed by atoms with Crippen molar-refractivity contribution >= 4 is 35.9 Å². The van der Waals surface area contributed by atoms with E-state index in [4.69, 9.17) is 9.84 Å². The Kier molecular flexibility index (Phi) is 5.74. The van der Waals surface area contributed by atoms with Crippen LogP contribution in [0, 0.1) is 5.92 Å². The maximum Gasteiger partial charge on any atom is 0.225 e. The van der Waals surface area contributed by atoms with E-state index < -0.39 is 5.60 Å². The van der Waals surface area contributed by atoms with Crippen molar-refractivity contribution in [3.63, 3.8) is 0 Å². The van der Waals surface area contributed by atoms with Gasteiger partial charge in [0.05, 0.1) is 18.7 Å². The summed E-state index contributed by atoms with van der Waals surface area (Å²) < 4.78 is 7.04. The van der Waals surface area contributed by atoms with Gasteiger partial charge in [-0.2, -0.15) is 5.10 Å². The number of hydrogen-bond acceptors (Lipinski definition) is 4. The van der Waals surface area contributed by atoms with Crippen LogP contribution < -0.4 is 10.8 Å². The average Bonchev–Trinajstić information content (AvgIpc) is 2.81. The lowest BCUT2D eigenvalue weighted by atomic mass is 9.92. The van der Waals surface area contributed by atoms with Gasteiger partial charge in [-0.3, -0.25) is 9.48 Å². The number of nitrogens with one attached hydrogen (secondary N) is 1.